The number of hydrogen-bond donors (Lipinski definition) is 3. The summed E-state index contributed by atoms with van der Waals surface area (Å²) in [7, 11) is 1.83. The molecular formula is C28H35N5O5. The van der Waals surface area contributed by atoms with E-state index < -0.39 is 30.1 Å². The molecular weight excluding hydrogens is 486 g/mol. The van der Waals surface area contributed by atoms with Gasteiger partial charge in [0, 0.05) is 26.2 Å². The van der Waals surface area contributed by atoms with Crippen LogP contribution < -0.4 is 16.4 Å². The maximum atomic E-state index is 12.8. The Bertz CT molecular complexity index is 1150. The van der Waals surface area contributed by atoms with E-state index in [1.807, 2.05) is 67.7 Å². The number of ether oxygens (including phenoxy) is 2. The molecule has 0 radical (unpaired) electrons. The number of aromatic nitrogens is 2. The van der Waals surface area contributed by atoms with E-state index in [4.69, 9.17) is 15.2 Å². The number of aryl methyl sites for hydroxylation is 1. The van der Waals surface area contributed by atoms with Crippen LogP contribution in [0.3, 0.4) is 0 Å². The molecule has 2 atom stereocenters. The zero-order chi connectivity index (χ0) is 27.2. The van der Waals surface area contributed by atoms with Gasteiger partial charge in [-0.1, -0.05) is 60.7 Å². The summed E-state index contributed by atoms with van der Waals surface area (Å²) in [6.07, 6.45) is 4.62. The maximum Gasteiger partial charge on any atom is 0.407 e. The lowest BCUT2D eigenvalue weighted by Gasteiger charge is -2.20. The van der Waals surface area contributed by atoms with E-state index in [1.165, 1.54) is 0 Å². The Kier molecular flexibility index (Phi) is 11.3. The van der Waals surface area contributed by atoms with E-state index in [-0.39, 0.29) is 19.6 Å². The highest BCUT2D eigenvalue weighted by molar-refractivity contribution is 5.87. The molecule has 10 nitrogen and oxygen atoms in total. The predicted octanol–water partition coefficient (Wildman–Crippen LogP) is 2.61. The summed E-state index contributed by atoms with van der Waals surface area (Å²) in [6, 6.07) is 17.0. The monoisotopic (exact) mass is 521 g/mol. The minimum absolute atomic E-state index is 0.0981. The molecule has 10 heteroatoms. The second-order valence-electron chi connectivity index (χ2n) is 8.98. The maximum absolute atomic E-state index is 12.8. The van der Waals surface area contributed by atoms with Gasteiger partial charge in [0.1, 0.15) is 19.3 Å². The number of amides is 2. The van der Waals surface area contributed by atoms with Crippen molar-refractivity contribution in [3.8, 4) is 0 Å². The van der Waals surface area contributed by atoms with Crippen LogP contribution in [0.2, 0.25) is 0 Å². The van der Waals surface area contributed by atoms with E-state index in [0.717, 1.165) is 11.1 Å². The van der Waals surface area contributed by atoms with Crippen LogP contribution in [0.25, 0.3) is 0 Å². The van der Waals surface area contributed by atoms with Crippen molar-refractivity contribution in [1.82, 2.24) is 20.2 Å². The normalized spacial score (nSPS) is 12.3. The highest BCUT2D eigenvalue weighted by Crippen LogP contribution is 2.08. The SMILES string of the molecule is Cn1cnc(C[C@H](N)C(=O)N[C@@H](CCCCNC(=O)OCc2ccccc2)C(=O)OCc2ccccc2)c1. The number of nitrogens with zero attached hydrogens (tertiary/aromatic N) is 2. The fourth-order valence-electron chi connectivity index (χ4n) is 3.69. The molecule has 0 bridgehead atoms. The molecule has 2 amide bonds. The van der Waals surface area contributed by atoms with Gasteiger partial charge in [-0.3, -0.25) is 4.79 Å². The van der Waals surface area contributed by atoms with E-state index in [9.17, 15) is 14.4 Å². The van der Waals surface area contributed by atoms with Crippen molar-refractivity contribution in [3.05, 3.63) is 90.0 Å². The van der Waals surface area contributed by atoms with Crippen LogP contribution in [-0.4, -0.2) is 46.1 Å². The van der Waals surface area contributed by atoms with Crippen LogP contribution in [0, 0.1) is 0 Å². The lowest BCUT2D eigenvalue weighted by atomic mass is 10.1. The molecule has 2 aromatic carbocycles. The largest absolute Gasteiger partial charge is 0.459 e. The number of imidazole rings is 1. The van der Waals surface area contributed by atoms with Crippen LogP contribution in [0.4, 0.5) is 4.79 Å². The number of alkyl carbamates (subject to hydrolysis) is 1. The quantitative estimate of drug-likeness (QED) is 0.219. The number of esters is 1. The van der Waals surface area contributed by atoms with Gasteiger partial charge >= 0.3 is 12.1 Å². The van der Waals surface area contributed by atoms with Gasteiger partial charge in [0.2, 0.25) is 5.91 Å². The van der Waals surface area contributed by atoms with Gasteiger partial charge in [-0.15, -0.1) is 0 Å². The Morgan fingerprint density at radius 3 is 2.18 bits per heavy atom. The van der Waals surface area contributed by atoms with Crippen LogP contribution in [0.1, 0.15) is 36.1 Å². The molecule has 0 aliphatic carbocycles. The summed E-state index contributed by atoms with van der Waals surface area (Å²) in [5, 5.41) is 5.43. The van der Waals surface area contributed by atoms with Gasteiger partial charge in [0.25, 0.3) is 0 Å². The second kappa shape index (κ2) is 15.2. The Labute approximate surface area is 222 Å². The summed E-state index contributed by atoms with van der Waals surface area (Å²) >= 11 is 0. The topological polar surface area (TPSA) is 138 Å². The molecule has 3 aromatic rings. The van der Waals surface area contributed by atoms with Crippen molar-refractivity contribution < 1.29 is 23.9 Å². The number of nitrogens with two attached hydrogens (primary N) is 1. The molecule has 0 aliphatic rings. The summed E-state index contributed by atoms with van der Waals surface area (Å²) < 4.78 is 12.4. The Morgan fingerprint density at radius 1 is 0.947 bits per heavy atom. The molecule has 4 N–H and O–H groups in total. The number of carbonyl (C=O) groups excluding carboxylic acids is 3. The van der Waals surface area contributed by atoms with E-state index in [0.29, 0.717) is 31.5 Å². The van der Waals surface area contributed by atoms with Gasteiger partial charge in [0.15, 0.2) is 0 Å². The minimum Gasteiger partial charge on any atom is -0.459 e. The predicted molar refractivity (Wildman–Crippen MR) is 142 cm³/mol. The third-order valence-corrected chi connectivity index (χ3v) is 5.75. The van der Waals surface area contributed by atoms with Gasteiger partial charge in [0.05, 0.1) is 18.1 Å². The molecule has 0 aliphatic heterocycles. The number of carbonyl (C=O) groups is 3. The first-order valence-electron chi connectivity index (χ1n) is 12.6. The molecule has 0 unspecified atom stereocenters. The van der Waals surface area contributed by atoms with Gasteiger partial charge in [-0.25, -0.2) is 14.6 Å². The van der Waals surface area contributed by atoms with Crippen LogP contribution >= 0.6 is 0 Å². The summed E-state index contributed by atoms with van der Waals surface area (Å²) in [5.74, 6) is -0.998. The summed E-state index contributed by atoms with van der Waals surface area (Å²) in [6.45, 7) is 0.653. The van der Waals surface area contributed by atoms with Crippen LogP contribution in [0.5, 0.6) is 0 Å². The average molecular weight is 522 g/mol. The molecule has 0 spiro atoms. The Hall–Kier alpha value is -4.18. The zero-order valence-corrected chi connectivity index (χ0v) is 21.5. The number of nitrogens with one attached hydrogen (secondary N) is 2. The molecule has 0 saturated heterocycles. The van der Waals surface area contributed by atoms with Crippen molar-refractivity contribution in [2.24, 2.45) is 12.8 Å². The lowest BCUT2D eigenvalue weighted by molar-refractivity contribution is -0.149. The fourth-order valence-corrected chi connectivity index (χ4v) is 3.69. The van der Waals surface area contributed by atoms with Crippen LogP contribution in [0.15, 0.2) is 73.2 Å². The molecule has 0 fully saturated rings. The molecule has 1 aromatic heterocycles. The van der Waals surface area contributed by atoms with Crippen molar-refractivity contribution in [3.63, 3.8) is 0 Å². The second-order valence-corrected chi connectivity index (χ2v) is 8.98. The van der Waals surface area contributed by atoms with E-state index in [1.54, 1.807) is 17.1 Å². The smallest absolute Gasteiger partial charge is 0.407 e. The van der Waals surface area contributed by atoms with E-state index in [2.05, 4.69) is 15.6 Å². The number of unbranched alkanes of at least 4 members (excludes halogenated alkanes) is 1. The molecule has 38 heavy (non-hydrogen) atoms. The lowest BCUT2D eigenvalue weighted by Crippen LogP contribution is -2.49. The summed E-state index contributed by atoms with van der Waals surface area (Å²) in [4.78, 5) is 41.7. The molecule has 3 rings (SSSR count). The minimum atomic E-state index is -0.869. The summed E-state index contributed by atoms with van der Waals surface area (Å²) in [5.41, 5.74) is 8.50. The first kappa shape index (κ1) is 28.4. The van der Waals surface area contributed by atoms with Crippen molar-refractivity contribution >= 4 is 18.0 Å². The third kappa shape index (κ3) is 10.1. The van der Waals surface area contributed by atoms with Gasteiger partial charge < -0.3 is 30.4 Å². The Balaban J connectivity index is 1.45. The van der Waals surface area contributed by atoms with Crippen molar-refractivity contribution in [2.45, 2.75) is 51.0 Å². The highest BCUT2D eigenvalue weighted by Gasteiger charge is 2.25. The number of benzene rings is 2. The Morgan fingerprint density at radius 2 is 1.58 bits per heavy atom. The van der Waals surface area contributed by atoms with Crippen molar-refractivity contribution in [1.29, 1.82) is 0 Å². The average Bonchev–Trinajstić information content (AvgIpc) is 3.34. The third-order valence-electron chi connectivity index (χ3n) is 5.75. The molecule has 1 heterocycles. The van der Waals surface area contributed by atoms with Crippen LogP contribution in [-0.2, 0) is 45.7 Å². The first-order chi connectivity index (χ1) is 18.4. The van der Waals surface area contributed by atoms with Gasteiger partial charge in [-0.05, 0) is 30.4 Å². The highest BCUT2D eigenvalue weighted by atomic mass is 16.5. The standard InChI is InChI=1S/C28H35N5O5/c1-33-17-23(31-20-33)16-24(29)26(34)32-25(27(35)37-18-21-10-4-2-5-11-21)14-8-9-15-30-28(36)38-19-22-12-6-3-7-13-22/h2-7,10-13,17,20,24-25H,8-9,14-16,18-19,29H2,1H3,(H,30,36)(H,32,34)/t24-,25-/m0/s1. The van der Waals surface area contributed by atoms with Gasteiger partial charge in [-0.2, -0.15) is 0 Å². The zero-order valence-electron chi connectivity index (χ0n) is 21.5. The van der Waals surface area contributed by atoms with Crippen molar-refractivity contribution in [2.75, 3.05) is 6.54 Å². The molecule has 202 valence electrons. The number of hydrogen-bond acceptors (Lipinski definition) is 7. The first-order valence-corrected chi connectivity index (χ1v) is 12.6. The molecule has 0 saturated carbocycles. The number of rotatable bonds is 14. The fraction of sp³-hybridized carbons (Fsp3) is 0.357. The van der Waals surface area contributed by atoms with E-state index >= 15 is 0 Å².